The molecule has 0 fully saturated rings. The van der Waals surface area contributed by atoms with Crippen molar-refractivity contribution in [1.29, 1.82) is 0 Å². The van der Waals surface area contributed by atoms with Crippen molar-refractivity contribution in [2.45, 2.75) is 13.3 Å². The third-order valence-electron chi connectivity index (χ3n) is 3.92. The maximum absolute atomic E-state index is 12.5. The van der Waals surface area contributed by atoms with E-state index in [0.29, 0.717) is 16.0 Å². The molecule has 4 aromatic rings. The molecule has 0 aliphatic heterocycles. The smallest absolute Gasteiger partial charge is 0.406 e. The number of para-hydroxylation sites is 1. The van der Waals surface area contributed by atoms with Gasteiger partial charge >= 0.3 is 6.36 Å². The number of nitrogens with one attached hydrogen (secondary N) is 2. The number of hydrogen-bond acceptors (Lipinski definition) is 7. The summed E-state index contributed by atoms with van der Waals surface area (Å²) in [6, 6.07) is 11.0. The van der Waals surface area contributed by atoms with Crippen molar-refractivity contribution >= 4 is 54.7 Å². The van der Waals surface area contributed by atoms with Gasteiger partial charge in [0.15, 0.2) is 10.3 Å². The molecule has 0 unspecified atom stereocenters. The molecule has 11 heteroatoms. The van der Waals surface area contributed by atoms with Gasteiger partial charge in [0.25, 0.3) is 5.91 Å². The molecule has 6 nitrogen and oxygen atoms in total. The first-order valence-corrected chi connectivity index (χ1v) is 10.2. The standard InChI is InChI=1S/C19H13F3N4O2S2/c1-10-3-2-4-14-15(10)25-18(30-14)26-16(27)13-9-29-17(24-13)23-11-5-7-12(8-6-11)28-19(20,21)22/h2-9H,1H3,(H,23,24)(H,25,26,27). The summed E-state index contributed by atoms with van der Waals surface area (Å²) >= 11 is 2.57. The molecule has 154 valence electrons. The van der Waals surface area contributed by atoms with E-state index < -0.39 is 12.3 Å². The Morgan fingerprint density at radius 1 is 1.07 bits per heavy atom. The molecule has 1 amide bonds. The van der Waals surface area contributed by atoms with Crippen LogP contribution in [0.2, 0.25) is 0 Å². The lowest BCUT2D eigenvalue weighted by Crippen LogP contribution is -2.16. The molecule has 30 heavy (non-hydrogen) atoms. The lowest BCUT2D eigenvalue weighted by molar-refractivity contribution is -0.274. The number of amides is 1. The van der Waals surface area contributed by atoms with Gasteiger partial charge in [-0.2, -0.15) is 0 Å². The Morgan fingerprint density at radius 2 is 1.83 bits per heavy atom. The number of aromatic nitrogens is 2. The highest BCUT2D eigenvalue weighted by atomic mass is 32.1. The number of carbonyl (C=O) groups is 1. The Bertz CT molecular complexity index is 1200. The second-order valence-corrected chi connectivity index (χ2v) is 8.02. The van der Waals surface area contributed by atoms with Crippen molar-refractivity contribution in [2.75, 3.05) is 10.6 Å². The zero-order chi connectivity index (χ0) is 21.3. The van der Waals surface area contributed by atoms with Gasteiger partial charge in [-0.15, -0.1) is 24.5 Å². The second kappa shape index (κ2) is 7.92. The van der Waals surface area contributed by atoms with Crippen LogP contribution in [0.25, 0.3) is 10.2 Å². The van der Waals surface area contributed by atoms with Gasteiger partial charge in [0.05, 0.1) is 10.2 Å². The number of nitrogens with zero attached hydrogens (tertiary/aromatic N) is 2. The summed E-state index contributed by atoms with van der Waals surface area (Å²) in [6.45, 7) is 1.95. The number of carbonyl (C=O) groups excluding carboxylic acids is 1. The highest BCUT2D eigenvalue weighted by Crippen LogP contribution is 2.29. The van der Waals surface area contributed by atoms with E-state index in [0.717, 1.165) is 15.8 Å². The van der Waals surface area contributed by atoms with Gasteiger partial charge in [0.2, 0.25) is 0 Å². The summed E-state index contributed by atoms with van der Waals surface area (Å²) in [7, 11) is 0. The number of hydrogen-bond donors (Lipinski definition) is 2. The zero-order valence-corrected chi connectivity index (χ0v) is 16.9. The van der Waals surface area contributed by atoms with E-state index in [4.69, 9.17) is 0 Å². The first-order valence-electron chi connectivity index (χ1n) is 8.53. The van der Waals surface area contributed by atoms with Crippen LogP contribution in [0.4, 0.5) is 29.1 Å². The van der Waals surface area contributed by atoms with Gasteiger partial charge in [-0.25, -0.2) is 9.97 Å². The average Bonchev–Trinajstić information content (AvgIpc) is 3.30. The molecule has 2 aromatic carbocycles. The fourth-order valence-corrected chi connectivity index (χ4v) is 4.25. The van der Waals surface area contributed by atoms with Gasteiger partial charge in [-0.1, -0.05) is 23.5 Å². The third kappa shape index (κ3) is 4.69. The van der Waals surface area contributed by atoms with Gasteiger partial charge < -0.3 is 10.1 Å². The van der Waals surface area contributed by atoms with Crippen molar-refractivity contribution in [2.24, 2.45) is 0 Å². The Kier molecular flexibility index (Phi) is 5.31. The van der Waals surface area contributed by atoms with Crippen LogP contribution in [-0.2, 0) is 0 Å². The summed E-state index contributed by atoms with van der Waals surface area (Å²) in [5, 5.41) is 8.16. The molecule has 0 saturated carbocycles. The molecule has 4 rings (SSSR count). The van der Waals surface area contributed by atoms with Gasteiger partial charge in [0, 0.05) is 11.1 Å². The summed E-state index contributed by atoms with van der Waals surface area (Å²) in [5.41, 5.74) is 2.58. The second-order valence-electron chi connectivity index (χ2n) is 6.13. The average molecular weight is 450 g/mol. The Morgan fingerprint density at radius 3 is 2.53 bits per heavy atom. The van der Waals surface area contributed by atoms with Crippen LogP contribution >= 0.6 is 22.7 Å². The van der Waals surface area contributed by atoms with E-state index in [1.165, 1.54) is 46.9 Å². The molecule has 0 radical (unpaired) electrons. The quantitative estimate of drug-likeness (QED) is 0.393. The number of benzene rings is 2. The Balaban J connectivity index is 1.41. The number of anilines is 3. The number of aryl methyl sites for hydroxylation is 1. The molecule has 0 atom stereocenters. The van der Waals surface area contributed by atoms with E-state index in [1.54, 1.807) is 5.38 Å². The van der Waals surface area contributed by atoms with E-state index in [9.17, 15) is 18.0 Å². The first kappa shape index (κ1) is 20.1. The number of alkyl halides is 3. The molecule has 0 aliphatic rings. The van der Waals surface area contributed by atoms with Crippen LogP contribution in [0, 0.1) is 6.92 Å². The maximum atomic E-state index is 12.5. The van der Waals surface area contributed by atoms with Crippen LogP contribution in [-0.4, -0.2) is 22.2 Å². The van der Waals surface area contributed by atoms with Gasteiger partial charge in [-0.05, 0) is 42.8 Å². The van der Waals surface area contributed by atoms with Crippen molar-refractivity contribution in [3.8, 4) is 5.75 Å². The third-order valence-corrected chi connectivity index (χ3v) is 5.61. The predicted octanol–water partition coefficient (Wildman–Crippen LogP) is 5.96. The van der Waals surface area contributed by atoms with Gasteiger partial charge in [-0.3, -0.25) is 10.1 Å². The molecular formula is C19H13F3N4O2S2. The lowest BCUT2D eigenvalue weighted by Gasteiger charge is -2.09. The highest BCUT2D eigenvalue weighted by molar-refractivity contribution is 7.22. The maximum Gasteiger partial charge on any atom is 0.573 e. The monoisotopic (exact) mass is 450 g/mol. The Labute approximate surface area is 176 Å². The summed E-state index contributed by atoms with van der Waals surface area (Å²) < 4.78 is 41.5. The Hall–Kier alpha value is -3.18. The van der Waals surface area contributed by atoms with E-state index >= 15 is 0 Å². The molecule has 2 aromatic heterocycles. The van der Waals surface area contributed by atoms with E-state index in [2.05, 4.69) is 25.3 Å². The lowest BCUT2D eigenvalue weighted by atomic mass is 10.2. The fraction of sp³-hybridized carbons (Fsp3) is 0.105. The minimum Gasteiger partial charge on any atom is -0.406 e. The number of fused-ring (bicyclic) bond motifs is 1. The van der Waals surface area contributed by atoms with Crippen molar-refractivity contribution < 1.29 is 22.7 Å². The van der Waals surface area contributed by atoms with E-state index in [-0.39, 0.29) is 11.4 Å². The van der Waals surface area contributed by atoms with Crippen LogP contribution in [0.1, 0.15) is 16.1 Å². The number of rotatable bonds is 5. The number of ether oxygens (including phenoxy) is 1. The molecular weight excluding hydrogens is 437 g/mol. The summed E-state index contributed by atoms with van der Waals surface area (Å²) in [5.74, 6) is -0.719. The minimum atomic E-state index is -4.74. The normalized spacial score (nSPS) is 11.5. The number of halogens is 3. The molecule has 0 aliphatic carbocycles. The van der Waals surface area contributed by atoms with Crippen LogP contribution in [0.15, 0.2) is 47.8 Å². The van der Waals surface area contributed by atoms with Crippen molar-refractivity contribution in [3.05, 3.63) is 59.1 Å². The summed E-state index contributed by atoms with van der Waals surface area (Å²) in [6.07, 6.45) is -4.74. The van der Waals surface area contributed by atoms with Crippen molar-refractivity contribution in [3.63, 3.8) is 0 Å². The van der Waals surface area contributed by atoms with E-state index in [1.807, 2.05) is 25.1 Å². The fourth-order valence-electron chi connectivity index (χ4n) is 2.60. The molecule has 0 spiro atoms. The van der Waals surface area contributed by atoms with Crippen LogP contribution in [0.5, 0.6) is 5.75 Å². The highest BCUT2D eigenvalue weighted by Gasteiger charge is 2.30. The number of thiazole rings is 2. The topological polar surface area (TPSA) is 76.1 Å². The first-order chi connectivity index (χ1) is 14.3. The SMILES string of the molecule is Cc1cccc2sc(NC(=O)c3csc(Nc4ccc(OC(F)(F)F)cc4)n3)nc12. The molecule has 0 bridgehead atoms. The predicted molar refractivity (Wildman–Crippen MR) is 111 cm³/mol. The zero-order valence-electron chi connectivity index (χ0n) is 15.3. The van der Waals surface area contributed by atoms with Crippen molar-refractivity contribution in [1.82, 2.24) is 9.97 Å². The van der Waals surface area contributed by atoms with Crippen LogP contribution in [0.3, 0.4) is 0 Å². The minimum absolute atomic E-state index is 0.204. The molecule has 0 saturated heterocycles. The largest absolute Gasteiger partial charge is 0.573 e. The molecule has 2 N–H and O–H groups in total. The summed E-state index contributed by atoms with van der Waals surface area (Å²) in [4.78, 5) is 21.1. The van der Waals surface area contributed by atoms with Crippen LogP contribution < -0.4 is 15.4 Å². The van der Waals surface area contributed by atoms with Gasteiger partial charge in [0.1, 0.15) is 11.4 Å². The molecule has 2 heterocycles.